The van der Waals surface area contributed by atoms with Crippen molar-refractivity contribution in [1.29, 1.82) is 0 Å². The topological polar surface area (TPSA) is 36.1 Å². The second-order valence-corrected chi connectivity index (χ2v) is 5.93. The first-order chi connectivity index (χ1) is 8.29. The second-order valence-electron chi connectivity index (χ2n) is 5.93. The van der Waals surface area contributed by atoms with E-state index in [9.17, 15) is 4.79 Å². The van der Waals surface area contributed by atoms with Crippen LogP contribution < -0.4 is 0 Å². The average Bonchev–Trinajstić information content (AvgIpc) is 2.68. The molecule has 1 N–H and O–H groups in total. The highest BCUT2D eigenvalue weighted by Gasteiger charge is 2.16. The maximum atomic E-state index is 11.9. The molecule has 1 aromatic heterocycles. The van der Waals surface area contributed by atoms with Crippen molar-refractivity contribution in [1.82, 2.24) is 9.88 Å². The standard InChI is InChI=1S/C15H20N2O/c1-15(2,3)11-6-7-12-10(8-11)9-13(16-12)14(18)17(4)5/h6-9,16H,1-5H3. The lowest BCUT2D eigenvalue weighted by atomic mass is 9.86. The van der Waals surface area contributed by atoms with E-state index in [2.05, 4.69) is 37.9 Å². The Morgan fingerprint density at radius 2 is 1.83 bits per heavy atom. The second kappa shape index (κ2) is 4.16. The first-order valence-electron chi connectivity index (χ1n) is 6.14. The monoisotopic (exact) mass is 244 g/mol. The van der Waals surface area contributed by atoms with Crippen molar-refractivity contribution < 1.29 is 4.79 Å². The number of fused-ring (bicyclic) bond motifs is 1. The van der Waals surface area contributed by atoms with Gasteiger partial charge in [-0.15, -0.1) is 0 Å². The highest BCUT2D eigenvalue weighted by atomic mass is 16.2. The Labute approximate surface area is 108 Å². The van der Waals surface area contributed by atoms with Gasteiger partial charge in [0.1, 0.15) is 5.69 Å². The molecular formula is C15H20N2O. The minimum Gasteiger partial charge on any atom is -0.351 e. The molecule has 96 valence electrons. The third kappa shape index (κ3) is 2.26. The summed E-state index contributed by atoms with van der Waals surface area (Å²) in [6.07, 6.45) is 0. The van der Waals surface area contributed by atoms with Crippen molar-refractivity contribution in [3.8, 4) is 0 Å². The number of carbonyl (C=O) groups is 1. The number of hydrogen-bond donors (Lipinski definition) is 1. The van der Waals surface area contributed by atoms with Crippen molar-refractivity contribution in [2.24, 2.45) is 0 Å². The molecule has 0 aliphatic carbocycles. The molecule has 3 heteroatoms. The van der Waals surface area contributed by atoms with E-state index in [1.807, 2.05) is 12.1 Å². The van der Waals surface area contributed by atoms with Gasteiger partial charge >= 0.3 is 0 Å². The van der Waals surface area contributed by atoms with Gasteiger partial charge in [0.15, 0.2) is 0 Å². The predicted molar refractivity (Wildman–Crippen MR) is 75.0 cm³/mol. The summed E-state index contributed by atoms with van der Waals surface area (Å²) in [4.78, 5) is 16.6. The van der Waals surface area contributed by atoms with Gasteiger partial charge in [-0.05, 0) is 29.2 Å². The molecule has 0 saturated heterocycles. The van der Waals surface area contributed by atoms with Crippen LogP contribution in [0.2, 0.25) is 0 Å². The Morgan fingerprint density at radius 3 is 2.39 bits per heavy atom. The maximum absolute atomic E-state index is 11.9. The van der Waals surface area contributed by atoms with Crippen LogP contribution in [0.4, 0.5) is 0 Å². The lowest BCUT2D eigenvalue weighted by Crippen LogP contribution is -2.21. The summed E-state index contributed by atoms with van der Waals surface area (Å²) >= 11 is 0. The molecule has 1 aromatic carbocycles. The Bertz CT molecular complexity index is 588. The van der Waals surface area contributed by atoms with Crippen molar-refractivity contribution in [3.63, 3.8) is 0 Å². The van der Waals surface area contributed by atoms with Crippen LogP contribution in [0.1, 0.15) is 36.8 Å². The lowest BCUT2D eigenvalue weighted by Gasteiger charge is -2.18. The van der Waals surface area contributed by atoms with Gasteiger partial charge in [-0.3, -0.25) is 4.79 Å². The summed E-state index contributed by atoms with van der Waals surface area (Å²) in [5.74, 6) is 0.00325. The van der Waals surface area contributed by atoms with Gasteiger partial charge in [-0.1, -0.05) is 26.8 Å². The number of amides is 1. The largest absolute Gasteiger partial charge is 0.351 e. The minimum atomic E-state index is 0.00325. The van der Waals surface area contributed by atoms with Gasteiger partial charge in [0.05, 0.1) is 0 Å². The van der Waals surface area contributed by atoms with E-state index in [1.54, 1.807) is 19.0 Å². The first kappa shape index (κ1) is 12.7. The summed E-state index contributed by atoms with van der Waals surface area (Å²) in [6.45, 7) is 6.56. The average molecular weight is 244 g/mol. The summed E-state index contributed by atoms with van der Waals surface area (Å²) in [5.41, 5.74) is 3.05. The maximum Gasteiger partial charge on any atom is 0.269 e. The van der Waals surface area contributed by atoms with Gasteiger partial charge < -0.3 is 9.88 Å². The van der Waals surface area contributed by atoms with Crippen LogP contribution in [-0.4, -0.2) is 29.9 Å². The van der Waals surface area contributed by atoms with Gasteiger partial charge in [-0.25, -0.2) is 0 Å². The Kier molecular flexibility index (Phi) is 2.93. The van der Waals surface area contributed by atoms with E-state index in [0.717, 1.165) is 10.9 Å². The number of nitrogens with one attached hydrogen (secondary N) is 1. The molecule has 0 spiro atoms. The number of benzene rings is 1. The van der Waals surface area contributed by atoms with Crippen LogP contribution in [0.5, 0.6) is 0 Å². The van der Waals surface area contributed by atoms with Gasteiger partial charge in [0, 0.05) is 25.0 Å². The minimum absolute atomic E-state index is 0.00325. The molecular weight excluding hydrogens is 224 g/mol. The fourth-order valence-corrected chi connectivity index (χ4v) is 1.96. The third-order valence-corrected chi connectivity index (χ3v) is 3.12. The molecule has 1 heterocycles. The Hall–Kier alpha value is -1.77. The highest BCUT2D eigenvalue weighted by molar-refractivity contribution is 5.97. The van der Waals surface area contributed by atoms with Gasteiger partial charge in [-0.2, -0.15) is 0 Å². The number of aromatic nitrogens is 1. The SMILES string of the molecule is CN(C)C(=O)c1cc2cc(C(C)(C)C)ccc2[nH]1. The van der Waals surface area contributed by atoms with E-state index >= 15 is 0 Å². The highest BCUT2D eigenvalue weighted by Crippen LogP contribution is 2.26. The van der Waals surface area contributed by atoms with Gasteiger partial charge in [0.25, 0.3) is 5.91 Å². The van der Waals surface area contributed by atoms with Crippen molar-refractivity contribution in [2.45, 2.75) is 26.2 Å². The molecule has 0 atom stereocenters. The van der Waals surface area contributed by atoms with Crippen LogP contribution in [0.15, 0.2) is 24.3 Å². The summed E-state index contributed by atoms with van der Waals surface area (Å²) in [6, 6.07) is 8.23. The van der Waals surface area contributed by atoms with Crippen molar-refractivity contribution >= 4 is 16.8 Å². The molecule has 2 aromatic rings. The fourth-order valence-electron chi connectivity index (χ4n) is 1.96. The molecule has 0 aliphatic rings. The molecule has 0 bridgehead atoms. The molecule has 1 amide bonds. The number of aromatic amines is 1. The fraction of sp³-hybridized carbons (Fsp3) is 0.400. The van der Waals surface area contributed by atoms with E-state index < -0.39 is 0 Å². The molecule has 0 saturated carbocycles. The smallest absolute Gasteiger partial charge is 0.269 e. The molecule has 18 heavy (non-hydrogen) atoms. The third-order valence-electron chi connectivity index (χ3n) is 3.12. The van der Waals surface area contributed by atoms with Crippen LogP contribution in [0.25, 0.3) is 10.9 Å². The van der Waals surface area contributed by atoms with E-state index in [1.165, 1.54) is 5.56 Å². The Morgan fingerprint density at radius 1 is 1.17 bits per heavy atom. The van der Waals surface area contributed by atoms with Crippen LogP contribution in [-0.2, 0) is 5.41 Å². The lowest BCUT2D eigenvalue weighted by molar-refractivity contribution is 0.0823. The van der Waals surface area contributed by atoms with Crippen molar-refractivity contribution in [2.75, 3.05) is 14.1 Å². The van der Waals surface area contributed by atoms with Gasteiger partial charge in [0.2, 0.25) is 0 Å². The summed E-state index contributed by atoms with van der Waals surface area (Å²) in [7, 11) is 3.52. The molecule has 2 rings (SSSR count). The summed E-state index contributed by atoms with van der Waals surface area (Å²) < 4.78 is 0. The molecule has 3 nitrogen and oxygen atoms in total. The van der Waals surface area contributed by atoms with Crippen LogP contribution in [0.3, 0.4) is 0 Å². The molecule has 0 radical (unpaired) electrons. The molecule has 0 aliphatic heterocycles. The zero-order valence-corrected chi connectivity index (χ0v) is 11.7. The van der Waals surface area contributed by atoms with Crippen LogP contribution >= 0.6 is 0 Å². The molecule has 0 unspecified atom stereocenters. The summed E-state index contributed by atoms with van der Waals surface area (Å²) in [5, 5.41) is 1.09. The van der Waals surface area contributed by atoms with E-state index in [4.69, 9.17) is 0 Å². The van der Waals surface area contributed by atoms with Crippen LogP contribution in [0, 0.1) is 0 Å². The number of H-pyrrole nitrogens is 1. The van der Waals surface area contributed by atoms with Crippen molar-refractivity contribution in [3.05, 3.63) is 35.5 Å². The quantitative estimate of drug-likeness (QED) is 0.821. The van der Waals surface area contributed by atoms with E-state index in [-0.39, 0.29) is 11.3 Å². The number of nitrogens with zero attached hydrogens (tertiary/aromatic N) is 1. The zero-order chi connectivity index (χ0) is 13.5. The Balaban J connectivity index is 2.50. The zero-order valence-electron chi connectivity index (χ0n) is 11.7. The number of hydrogen-bond acceptors (Lipinski definition) is 1. The van der Waals surface area contributed by atoms with E-state index in [0.29, 0.717) is 5.69 Å². The molecule has 0 fully saturated rings. The predicted octanol–water partition coefficient (Wildman–Crippen LogP) is 3.17. The normalized spacial score (nSPS) is 11.8. The number of carbonyl (C=O) groups excluding carboxylic acids is 1. The first-order valence-corrected chi connectivity index (χ1v) is 6.14. The number of rotatable bonds is 1.